The van der Waals surface area contributed by atoms with Crippen LogP contribution in [0, 0.1) is 6.92 Å². The number of halogens is 3. The fourth-order valence-corrected chi connectivity index (χ4v) is 3.39. The van der Waals surface area contributed by atoms with Crippen molar-refractivity contribution in [3.8, 4) is 0 Å². The fourth-order valence-electron chi connectivity index (χ4n) is 2.07. The molecule has 1 nitrogen and oxygen atoms in total. The average molecular weight is 373 g/mol. The summed E-state index contributed by atoms with van der Waals surface area (Å²) in [6, 6.07) is 12.4. The highest BCUT2D eigenvalue weighted by Gasteiger charge is 2.14. The molecule has 2 aromatic rings. The summed E-state index contributed by atoms with van der Waals surface area (Å²) in [4.78, 5) is 0. The lowest BCUT2D eigenvalue weighted by molar-refractivity contribution is 0.749. The van der Waals surface area contributed by atoms with Gasteiger partial charge in [-0.2, -0.15) is 0 Å². The van der Waals surface area contributed by atoms with E-state index in [1.807, 2.05) is 12.1 Å². The molecule has 0 aliphatic rings. The molecule has 0 aliphatic carbocycles. The SMILES string of the molecule is CCC(Nc1c(Cl)cc(Br)cc1Cl)c1ccc(C)cc1. The largest absolute Gasteiger partial charge is 0.376 e. The molecule has 0 radical (unpaired) electrons. The molecule has 1 atom stereocenters. The lowest BCUT2D eigenvalue weighted by Gasteiger charge is -2.21. The van der Waals surface area contributed by atoms with Crippen LogP contribution in [0.5, 0.6) is 0 Å². The molecule has 0 aliphatic heterocycles. The van der Waals surface area contributed by atoms with Gasteiger partial charge < -0.3 is 5.32 Å². The maximum atomic E-state index is 6.27. The van der Waals surface area contributed by atoms with Gasteiger partial charge in [0, 0.05) is 4.47 Å². The molecule has 0 saturated carbocycles. The van der Waals surface area contributed by atoms with Gasteiger partial charge in [0.1, 0.15) is 0 Å². The van der Waals surface area contributed by atoms with Crippen LogP contribution in [0.3, 0.4) is 0 Å². The zero-order valence-electron chi connectivity index (χ0n) is 11.4. The first kappa shape index (κ1) is 15.7. The molecular formula is C16H16BrCl2N. The fraction of sp³-hybridized carbons (Fsp3) is 0.250. The molecule has 0 fully saturated rings. The summed E-state index contributed by atoms with van der Waals surface area (Å²) in [5, 5.41) is 4.68. The Morgan fingerprint density at radius 2 is 1.65 bits per heavy atom. The van der Waals surface area contributed by atoms with Crippen molar-refractivity contribution in [3.63, 3.8) is 0 Å². The van der Waals surface area contributed by atoms with Crippen LogP contribution in [0.25, 0.3) is 0 Å². The molecule has 0 saturated heterocycles. The number of benzene rings is 2. The first-order valence-corrected chi connectivity index (χ1v) is 8.03. The zero-order chi connectivity index (χ0) is 14.7. The molecule has 20 heavy (non-hydrogen) atoms. The van der Waals surface area contributed by atoms with Crippen LogP contribution in [0.1, 0.15) is 30.5 Å². The van der Waals surface area contributed by atoms with Crippen LogP contribution < -0.4 is 5.32 Å². The van der Waals surface area contributed by atoms with Gasteiger partial charge in [0.25, 0.3) is 0 Å². The predicted octanol–water partition coefficient (Wildman–Crippen LogP) is 6.63. The first-order chi connectivity index (χ1) is 9.51. The molecule has 106 valence electrons. The summed E-state index contributed by atoms with van der Waals surface area (Å²) in [5.74, 6) is 0. The van der Waals surface area contributed by atoms with Crippen LogP contribution in [-0.2, 0) is 0 Å². The van der Waals surface area contributed by atoms with Gasteiger partial charge in [-0.3, -0.25) is 0 Å². The molecule has 2 aromatic carbocycles. The van der Waals surface area contributed by atoms with Gasteiger partial charge in [0.05, 0.1) is 21.8 Å². The number of rotatable bonds is 4. The van der Waals surface area contributed by atoms with Crippen molar-refractivity contribution in [2.45, 2.75) is 26.3 Å². The molecular weight excluding hydrogens is 357 g/mol. The minimum atomic E-state index is 0.187. The highest BCUT2D eigenvalue weighted by atomic mass is 79.9. The van der Waals surface area contributed by atoms with Crippen LogP contribution in [0.4, 0.5) is 5.69 Å². The lowest BCUT2D eigenvalue weighted by atomic mass is 10.0. The van der Waals surface area contributed by atoms with Gasteiger partial charge in [-0.05, 0) is 31.0 Å². The number of aryl methyl sites for hydroxylation is 1. The van der Waals surface area contributed by atoms with E-state index >= 15 is 0 Å². The van der Waals surface area contributed by atoms with Gasteiger partial charge in [-0.15, -0.1) is 0 Å². The van der Waals surface area contributed by atoms with Crippen LogP contribution in [0.2, 0.25) is 10.0 Å². The molecule has 1 unspecified atom stereocenters. The second kappa shape index (κ2) is 6.84. The van der Waals surface area contributed by atoms with E-state index in [0.29, 0.717) is 10.0 Å². The lowest BCUT2D eigenvalue weighted by Crippen LogP contribution is -2.10. The van der Waals surface area contributed by atoms with E-state index in [9.17, 15) is 0 Å². The van der Waals surface area contributed by atoms with Gasteiger partial charge in [0.2, 0.25) is 0 Å². The summed E-state index contributed by atoms with van der Waals surface area (Å²) in [5.41, 5.74) is 3.26. The Hall–Kier alpha value is -0.700. The second-order valence-corrected chi connectivity index (χ2v) is 6.49. The van der Waals surface area contributed by atoms with E-state index in [0.717, 1.165) is 16.6 Å². The second-order valence-electron chi connectivity index (χ2n) is 4.76. The van der Waals surface area contributed by atoms with Crippen molar-refractivity contribution in [1.82, 2.24) is 0 Å². The first-order valence-electron chi connectivity index (χ1n) is 6.49. The smallest absolute Gasteiger partial charge is 0.0724 e. The van der Waals surface area contributed by atoms with Crippen molar-refractivity contribution < 1.29 is 0 Å². The van der Waals surface area contributed by atoms with Crippen molar-refractivity contribution in [2.24, 2.45) is 0 Å². The third kappa shape index (κ3) is 3.69. The highest BCUT2D eigenvalue weighted by molar-refractivity contribution is 9.10. The Morgan fingerprint density at radius 3 is 2.15 bits per heavy atom. The Balaban J connectivity index is 2.29. The van der Waals surface area contributed by atoms with Crippen molar-refractivity contribution in [3.05, 3.63) is 62.0 Å². The average Bonchev–Trinajstić information content (AvgIpc) is 2.39. The number of nitrogens with one attached hydrogen (secondary N) is 1. The van der Waals surface area contributed by atoms with Gasteiger partial charge in [-0.25, -0.2) is 0 Å². The van der Waals surface area contributed by atoms with Crippen molar-refractivity contribution in [2.75, 3.05) is 5.32 Å². The topological polar surface area (TPSA) is 12.0 Å². The maximum Gasteiger partial charge on any atom is 0.0724 e. The van der Waals surface area contributed by atoms with Gasteiger partial charge in [0.15, 0.2) is 0 Å². The standard InChI is InChI=1S/C16H16BrCl2N/c1-3-15(11-6-4-10(2)5-7-11)20-16-13(18)8-12(17)9-14(16)19/h4-9,15,20H,3H2,1-2H3. The van der Waals surface area contributed by atoms with Crippen LogP contribution in [-0.4, -0.2) is 0 Å². The van der Waals surface area contributed by atoms with E-state index < -0.39 is 0 Å². The molecule has 2 rings (SSSR count). The van der Waals surface area contributed by atoms with E-state index in [1.165, 1.54) is 11.1 Å². The van der Waals surface area contributed by atoms with Crippen molar-refractivity contribution >= 4 is 44.8 Å². The molecule has 1 N–H and O–H groups in total. The number of hydrogen-bond donors (Lipinski definition) is 1. The number of hydrogen-bond acceptors (Lipinski definition) is 1. The molecule has 4 heteroatoms. The summed E-state index contributed by atoms with van der Waals surface area (Å²) in [7, 11) is 0. The summed E-state index contributed by atoms with van der Waals surface area (Å²) in [6.07, 6.45) is 0.950. The van der Waals surface area contributed by atoms with E-state index in [-0.39, 0.29) is 6.04 Å². The Kier molecular flexibility index (Phi) is 5.36. The third-order valence-electron chi connectivity index (χ3n) is 3.21. The Labute approximate surface area is 138 Å². The maximum absolute atomic E-state index is 6.27. The van der Waals surface area contributed by atoms with E-state index in [2.05, 4.69) is 59.4 Å². The Morgan fingerprint density at radius 1 is 1.10 bits per heavy atom. The van der Waals surface area contributed by atoms with Crippen LogP contribution in [0.15, 0.2) is 40.9 Å². The quantitative estimate of drug-likeness (QED) is 0.635. The third-order valence-corrected chi connectivity index (χ3v) is 4.27. The normalized spacial score (nSPS) is 12.2. The predicted molar refractivity (Wildman–Crippen MR) is 92.0 cm³/mol. The minimum Gasteiger partial charge on any atom is -0.376 e. The molecule has 0 amide bonds. The van der Waals surface area contributed by atoms with Gasteiger partial charge >= 0.3 is 0 Å². The van der Waals surface area contributed by atoms with Gasteiger partial charge in [-0.1, -0.05) is 75.9 Å². The Bertz CT molecular complexity index is 573. The van der Waals surface area contributed by atoms with Crippen molar-refractivity contribution in [1.29, 1.82) is 0 Å². The molecule has 0 spiro atoms. The molecule has 0 bridgehead atoms. The zero-order valence-corrected chi connectivity index (χ0v) is 14.5. The summed E-state index contributed by atoms with van der Waals surface area (Å²) >= 11 is 15.9. The minimum absolute atomic E-state index is 0.187. The van der Waals surface area contributed by atoms with Crippen LogP contribution >= 0.6 is 39.1 Å². The highest BCUT2D eigenvalue weighted by Crippen LogP contribution is 2.36. The van der Waals surface area contributed by atoms with E-state index in [4.69, 9.17) is 23.2 Å². The number of anilines is 1. The van der Waals surface area contributed by atoms with E-state index in [1.54, 1.807) is 0 Å². The summed E-state index contributed by atoms with van der Waals surface area (Å²) < 4.78 is 0.876. The molecule has 0 heterocycles. The monoisotopic (exact) mass is 371 g/mol. The molecule has 0 aromatic heterocycles. The summed E-state index contributed by atoms with van der Waals surface area (Å²) in [6.45, 7) is 4.22.